The first kappa shape index (κ1) is 13.8. The molecule has 0 aliphatic heterocycles. The maximum atomic E-state index is 4.57. The molecule has 0 aromatic carbocycles. The maximum Gasteiger partial charge on any atom is 0.133 e. The third kappa shape index (κ3) is 2.82. The van der Waals surface area contributed by atoms with Gasteiger partial charge in [0.25, 0.3) is 0 Å². The molecule has 1 atom stereocenters. The molecule has 1 N–H and O–H groups in total. The number of aryl methyl sites for hydroxylation is 1. The number of nitrogens with zero attached hydrogens (tertiary/aromatic N) is 2. The van der Waals surface area contributed by atoms with Gasteiger partial charge in [0.05, 0.1) is 0 Å². The van der Waals surface area contributed by atoms with E-state index in [2.05, 4.69) is 29.1 Å². The van der Waals surface area contributed by atoms with E-state index in [0.29, 0.717) is 11.5 Å². The van der Waals surface area contributed by atoms with Gasteiger partial charge in [0.15, 0.2) is 0 Å². The van der Waals surface area contributed by atoms with Crippen LogP contribution in [0.1, 0.15) is 70.1 Å². The van der Waals surface area contributed by atoms with Gasteiger partial charge in [-0.2, -0.15) is 0 Å². The summed E-state index contributed by atoms with van der Waals surface area (Å²) in [4.78, 5) is 9.09. The van der Waals surface area contributed by atoms with E-state index >= 15 is 0 Å². The van der Waals surface area contributed by atoms with Gasteiger partial charge in [-0.1, -0.05) is 33.1 Å². The van der Waals surface area contributed by atoms with Crippen molar-refractivity contribution in [1.82, 2.24) is 9.97 Å². The summed E-state index contributed by atoms with van der Waals surface area (Å²) < 4.78 is 0. The minimum atomic E-state index is 0.376. The van der Waals surface area contributed by atoms with Crippen molar-refractivity contribution in [3.63, 3.8) is 0 Å². The van der Waals surface area contributed by atoms with Gasteiger partial charge in [-0.05, 0) is 43.9 Å². The fourth-order valence-electron chi connectivity index (χ4n) is 3.75. The van der Waals surface area contributed by atoms with Crippen LogP contribution in [0.15, 0.2) is 6.33 Å². The fraction of sp³-hybridized carbons (Fsp3) is 0.765. The minimum absolute atomic E-state index is 0.376. The number of rotatable bonds is 2. The van der Waals surface area contributed by atoms with E-state index < -0.39 is 0 Å². The molecule has 3 heteroatoms. The second-order valence-electron chi connectivity index (χ2n) is 7.14. The van der Waals surface area contributed by atoms with Crippen molar-refractivity contribution in [2.45, 2.75) is 77.7 Å². The molecule has 0 amide bonds. The van der Waals surface area contributed by atoms with Crippen LogP contribution in [0, 0.1) is 5.41 Å². The molecular formula is C17H27N3. The average molecular weight is 273 g/mol. The van der Waals surface area contributed by atoms with Crippen LogP contribution < -0.4 is 5.32 Å². The lowest BCUT2D eigenvalue weighted by Gasteiger charge is -2.39. The van der Waals surface area contributed by atoms with Gasteiger partial charge in [-0.3, -0.25) is 0 Å². The molecule has 0 spiro atoms. The Balaban J connectivity index is 1.83. The van der Waals surface area contributed by atoms with Gasteiger partial charge in [-0.25, -0.2) is 9.97 Å². The quantitative estimate of drug-likeness (QED) is 0.823. The van der Waals surface area contributed by atoms with Gasteiger partial charge in [0.1, 0.15) is 12.1 Å². The lowest BCUT2D eigenvalue weighted by Crippen LogP contribution is -2.39. The van der Waals surface area contributed by atoms with Crippen LogP contribution in [-0.4, -0.2) is 16.0 Å². The van der Waals surface area contributed by atoms with Crippen molar-refractivity contribution < 1.29 is 0 Å². The summed E-state index contributed by atoms with van der Waals surface area (Å²) in [5.74, 6) is 1.12. The van der Waals surface area contributed by atoms with Crippen LogP contribution in [-0.2, 0) is 12.8 Å². The third-order valence-corrected chi connectivity index (χ3v) is 5.19. The van der Waals surface area contributed by atoms with Gasteiger partial charge < -0.3 is 5.32 Å². The highest BCUT2D eigenvalue weighted by atomic mass is 15.1. The van der Waals surface area contributed by atoms with Crippen LogP contribution in [0.4, 0.5) is 5.82 Å². The van der Waals surface area contributed by atoms with E-state index in [1.807, 2.05) is 0 Å². The monoisotopic (exact) mass is 273 g/mol. The molecule has 1 unspecified atom stereocenters. The molecule has 1 fully saturated rings. The molecule has 0 saturated heterocycles. The largest absolute Gasteiger partial charge is 0.366 e. The number of nitrogens with one attached hydrogen (secondary N) is 1. The fourth-order valence-corrected chi connectivity index (χ4v) is 3.75. The first-order chi connectivity index (χ1) is 9.67. The van der Waals surface area contributed by atoms with Crippen LogP contribution in [0.5, 0.6) is 0 Å². The molecule has 1 aromatic heterocycles. The number of anilines is 1. The molecule has 1 aromatic rings. The Morgan fingerprint density at radius 1 is 1.05 bits per heavy atom. The second kappa shape index (κ2) is 5.71. The zero-order valence-corrected chi connectivity index (χ0v) is 12.9. The van der Waals surface area contributed by atoms with Gasteiger partial charge in [0.2, 0.25) is 0 Å². The highest BCUT2D eigenvalue weighted by Crippen LogP contribution is 2.37. The van der Waals surface area contributed by atoms with Gasteiger partial charge >= 0.3 is 0 Å². The van der Waals surface area contributed by atoms with Gasteiger partial charge in [-0.15, -0.1) is 0 Å². The number of fused-ring (bicyclic) bond motifs is 1. The molecule has 3 nitrogen and oxygen atoms in total. The van der Waals surface area contributed by atoms with E-state index in [4.69, 9.17) is 0 Å². The highest BCUT2D eigenvalue weighted by molar-refractivity contribution is 5.47. The van der Waals surface area contributed by atoms with Crippen LogP contribution in [0.25, 0.3) is 0 Å². The zero-order valence-electron chi connectivity index (χ0n) is 12.9. The van der Waals surface area contributed by atoms with E-state index in [9.17, 15) is 0 Å². The van der Waals surface area contributed by atoms with Crippen molar-refractivity contribution >= 4 is 5.82 Å². The van der Waals surface area contributed by atoms with Gasteiger partial charge in [0, 0.05) is 17.3 Å². The number of hydrogen-bond donors (Lipinski definition) is 1. The van der Waals surface area contributed by atoms with Crippen molar-refractivity contribution in [1.29, 1.82) is 0 Å². The third-order valence-electron chi connectivity index (χ3n) is 5.19. The summed E-state index contributed by atoms with van der Waals surface area (Å²) >= 11 is 0. The van der Waals surface area contributed by atoms with Crippen molar-refractivity contribution in [2.75, 3.05) is 5.32 Å². The Morgan fingerprint density at radius 2 is 1.90 bits per heavy atom. The normalized spacial score (nSPS) is 25.6. The SMILES string of the molecule is CC1(C)CCCCC1Nc1ncnc2c1CCCCC2. The predicted octanol–water partition coefficient (Wildman–Crippen LogP) is 4.13. The van der Waals surface area contributed by atoms with E-state index in [1.165, 1.54) is 56.2 Å². The van der Waals surface area contributed by atoms with Crippen molar-refractivity contribution in [3.8, 4) is 0 Å². The van der Waals surface area contributed by atoms with Crippen LogP contribution in [0.3, 0.4) is 0 Å². The Labute approximate surface area is 122 Å². The predicted molar refractivity (Wildman–Crippen MR) is 83.0 cm³/mol. The molecule has 1 heterocycles. The summed E-state index contributed by atoms with van der Waals surface area (Å²) in [6.45, 7) is 4.79. The summed E-state index contributed by atoms with van der Waals surface area (Å²) in [6.07, 6.45) is 13.2. The highest BCUT2D eigenvalue weighted by Gasteiger charge is 2.32. The van der Waals surface area contributed by atoms with Crippen molar-refractivity contribution in [2.24, 2.45) is 5.41 Å². The average Bonchev–Trinajstić information content (AvgIpc) is 2.67. The lowest BCUT2D eigenvalue weighted by atomic mass is 9.73. The molecular weight excluding hydrogens is 246 g/mol. The second-order valence-corrected chi connectivity index (χ2v) is 7.14. The Morgan fingerprint density at radius 3 is 2.75 bits per heavy atom. The van der Waals surface area contributed by atoms with E-state index in [-0.39, 0.29) is 0 Å². The summed E-state index contributed by atoms with van der Waals surface area (Å²) in [7, 11) is 0. The minimum Gasteiger partial charge on any atom is -0.366 e. The molecule has 3 rings (SSSR count). The molecule has 0 bridgehead atoms. The molecule has 2 aliphatic rings. The van der Waals surface area contributed by atoms with Crippen molar-refractivity contribution in [3.05, 3.63) is 17.6 Å². The maximum absolute atomic E-state index is 4.57. The Hall–Kier alpha value is -1.12. The zero-order chi connectivity index (χ0) is 14.0. The molecule has 2 aliphatic carbocycles. The Kier molecular flexibility index (Phi) is 3.95. The first-order valence-electron chi connectivity index (χ1n) is 8.26. The molecule has 20 heavy (non-hydrogen) atoms. The molecule has 0 radical (unpaired) electrons. The lowest BCUT2D eigenvalue weighted by molar-refractivity contribution is 0.216. The number of hydrogen-bond acceptors (Lipinski definition) is 3. The Bertz CT molecular complexity index is 467. The topological polar surface area (TPSA) is 37.8 Å². The summed E-state index contributed by atoms with van der Waals surface area (Å²) in [5.41, 5.74) is 3.06. The molecule has 110 valence electrons. The van der Waals surface area contributed by atoms with Crippen LogP contribution in [0.2, 0.25) is 0 Å². The van der Waals surface area contributed by atoms with Crippen LogP contribution >= 0.6 is 0 Å². The summed E-state index contributed by atoms with van der Waals surface area (Å²) in [5, 5.41) is 3.78. The smallest absolute Gasteiger partial charge is 0.133 e. The molecule has 1 saturated carbocycles. The van der Waals surface area contributed by atoms with E-state index in [0.717, 1.165) is 18.7 Å². The summed E-state index contributed by atoms with van der Waals surface area (Å²) in [6, 6.07) is 0.554. The number of aromatic nitrogens is 2. The standard InChI is InChI=1S/C17H27N3/c1-17(2)11-7-6-10-15(17)20-16-13-8-4-3-5-9-14(13)18-12-19-16/h12,15H,3-11H2,1-2H3,(H,18,19,20). The first-order valence-corrected chi connectivity index (χ1v) is 8.26. The van der Waals surface area contributed by atoms with E-state index in [1.54, 1.807) is 6.33 Å².